The number of hydrogen-bond donors (Lipinski definition) is 1. The monoisotopic (exact) mass is 165 g/mol. The van der Waals surface area contributed by atoms with Gasteiger partial charge in [-0.05, 0) is 7.05 Å². The second kappa shape index (κ2) is 10.2. The van der Waals surface area contributed by atoms with Gasteiger partial charge in [0.1, 0.15) is 0 Å². The van der Waals surface area contributed by atoms with Crippen molar-refractivity contribution in [2.45, 2.75) is 25.7 Å². The minimum atomic E-state index is 1.50. The van der Waals surface area contributed by atoms with Crippen LogP contribution in [0.15, 0.2) is 36.4 Å². The van der Waals surface area contributed by atoms with E-state index in [0.717, 1.165) is 0 Å². The van der Waals surface area contributed by atoms with Gasteiger partial charge in [-0.15, -0.1) is 0 Å². The first-order valence-electron chi connectivity index (χ1n) is 4.58. The highest BCUT2D eigenvalue weighted by Gasteiger charge is 1.95. The van der Waals surface area contributed by atoms with Crippen LogP contribution in [0.4, 0.5) is 0 Å². The lowest BCUT2D eigenvalue weighted by atomic mass is 10.0. The largest absolute Gasteiger partial charge is 0.333 e. The quantitative estimate of drug-likeness (QED) is 0.628. The topological polar surface area (TPSA) is 26.0 Å². The summed E-state index contributed by atoms with van der Waals surface area (Å²) in [7, 11) is 1.50. The first-order valence-corrected chi connectivity index (χ1v) is 4.58. The van der Waals surface area contributed by atoms with Crippen molar-refractivity contribution in [3.8, 4) is 0 Å². The summed E-state index contributed by atoms with van der Waals surface area (Å²) in [5.74, 6) is 0. The van der Waals surface area contributed by atoms with Gasteiger partial charge in [0.2, 0.25) is 0 Å². The molecule has 1 aliphatic rings. The maximum absolute atomic E-state index is 4.50. The highest BCUT2D eigenvalue weighted by molar-refractivity contribution is 4.99. The summed E-state index contributed by atoms with van der Waals surface area (Å²) < 4.78 is 0. The van der Waals surface area contributed by atoms with Gasteiger partial charge in [-0.3, -0.25) is 0 Å². The minimum absolute atomic E-state index is 1.50. The van der Waals surface area contributed by atoms with Crippen LogP contribution in [0.1, 0.15) is 25.7 Å². The second-order valence-electron chi connectivity index (χ2n) is 2.57. The van der Waals surface area contributed by atoms with Crippen LogP contribution in [-0.2, 0) is 0 Å². The fraction of sp³-hybridized carbons (Fsp3) is 0.455. The molecule has 0 spiro atoms. The highest BCUT2D eigenvalue weighted by atomic mass is 14.4. The first-order chi connectivity index (χ1) is 6.00. The number of hydrogen-bond acceptors (Lipinski definition) is 1. The van der Waals surface area contributed by atoms with E-state index in [1.807, 2.05) is 36.4 Å². The van der Waals surface area contributed by atoms with Gasteiger partial charge in [0, 0.05) is 0 Å². The van der Waals surface area contributed by atoms with Gasteiger partial charge < -0.3 is 5.73 Å². The maximum Gasteiger partial charge on any atom is -0.0195 e. The van der Waals surface area contributed by atoms with E-state index in [9.17, 15) is 0 Å². The average molecular weight is 165 g/mol. The third-order valence-electron chi connectivity index (χ3n) is 1.67. The predicted molar refractivity (Wildman–Crippen MR) is 55.0 cm³/mol. The summed E-state index contributed by atoms with van der Waals surface area (Å²) in [6.07, 6.45) is 6.00. The van der Waals surface area contributed by atoms with E-state index < -0.39 is 0 Å². The minimum Gasteiger partial charge on any atom is -0.333 e. The van der Waals surface area contributed by atoms with Crippen LogP contribution in [0.5, 0.6) is 0 Å². The third-order valence-corrected chi connectivity index (χ3v) is 1.67. The summed E-state index contributed by atoms with van der Waals surface area (Å²) in [4.78, 5) is 0. The Kier molecular flexibility index (Phi) is 9.48. The SMILES string of the molecule is C1CCC1.CN.c1ccccc1. The molecule has 0 aliphatic heterocycles. The van der Waals surface area contributed by atoms with Crippen LogP contribution in [0.3, 0.4) is 0 Å². The molecule has 1 aliphatic carbocycles. The Morgan fingerprint density at radius 2 is 0.750 bits per heavy atom. The molecule has 1 aromatic carbocycles. The van der Waals surface area contributed by atoms with Crippen molar-refractivity contribution in [2.24, 2.45) is 5.73 Å². The molecule has 0 radical (unpaired) electrons. The average Bonchev–Trinajstić information content (AvgIpc) is 2.08. The second-order valence-corrected chi connectivity index (χ2v) is 2.57. The molecule has 1 heteroatoms. The van der Waals surface area contributed by atoms with Crippen molar-refractivity contribution in [1.29, 1.82) is 0 Å². The zero-order valence-corrected chi connectivity index (χ0v) is 7.87. The molecule has 1 saturated carbocycles. The van der Waals surface area contributed by atoms with Gasteiger partial charge in [0.15, 0.2) is 0 Å². The Balaban J connectivity index is 0.000000176. The summed E-state index contributed by atoms with van der Waals surface area (Å²) in [6, 6.07) is 12.0. The molecule has 0 unspecified atom stereocenters. The summed E-state index contributed by atoms with van der Waals surface area (Å²) in [6.45, 7) is 0. The van der Waals surface area contributed by atoms with E-state index in [1.54, 1.807) is 0 Å². The van der Waals surface area contributed by atoms with Gasteiger partial charge in [0.25, 0.3) is 0 Å². The molecule has 0 aromatic heterocycles. The molecule has 68 valence electrons. The smallest absolute Gasteiger partial charge is 0.0195 e. The third kappa shape index (κ3) is 7.29. The molecular formula is C11H19N. The molecule has 0 saturated heterocycles. The number of rotatable bonds is 0. The molecule has 0 heterocycles. The Labute approximate surface area is 75.6 Å². The summed E-state index contributed by atoms with van der Waals surface area (Å²) in [5, 5.41) is 0. The first kappa shape index (κ1) is 11.2. The standard InChI is InChI=1S/C6H6.C4H8.CH5N/c1-2-4-6-5-3-1;1-2-4-3-1;1-2/h1-6H;1-4H2;2H2,1H3. The fourth-order valence-electron chi connectivity index (χ4n) is 0.635. The summed E-state index contributed by atoms with van der Waals surface area (Å²) >= 11 is 0. The predicted octanol–water partition coefficient (Wildman–Crippen LogP) is 2.82. The molecule has 0 amide bonds. The van der Waals surface area contributed by atoms with Gasteiger partial charge in [-0.1, -0.05) is 62.1 Å². The number of benzene rings is 1. The Hall–Kier alpha value is -0.820. The van der Waals surface area contributed by atoms with Gasteiger partial charge in [-0.2, -0.15) is 0 Å². The lowest BCUT2D eigenvalue weighted by Crippen LogP contribution is -1.85. The Morgan fingerprint density at radius 3 is 0.833 bits per heavy atom. The molecule has 2 rings (SSSR count). The van der Waals surface area contributed by atoms with Crippen LogP contribution >= 0.6 is 0 Å². The van der Waals surface area contributed by atoms with E-state index in [0.29, 0.717) is 0 Å². The van der Waals surface area contributed by atoms with Crippen molar-refractivity contribution >= 4 is 0 Å². The van der Waals surface area contributed by atoms with Crippen LogP contribution in [-0.4, -0.2) is 7.05 Å². The van der Waals surface area contributed by atoms with Gasteiger partial charge in [0.05, 0.1) is 0 Å². The van der Waals surface area contributed by atoms with Crippen LogP contribution in [0.25, 0.3) is 0 Å². The molecule has 0 atom stereocenters. The molecular weight excluding hydrogens is 146 g/mol. The number of nitrogens with two attached hydrogens (primary N) is 1. The van der Waals surface area contributed by atoms with Crippen LogP contribution in [0, 0.1) is 0 Å². The lowest BCUT2D eigenvalue weighted by Gasteiger charge is -2.05. The zero-order valence-electron chi connectivity index (χ0n) is 7.87. The summed E-state index contributed by atoms with van der Waals surface area (Å²) in [5.41, 5.74) is 4.50. The molecule has 1 aromatic rings. The molecule has 1 nitrogen and oxygen atoms in total. The molecule has 12 heavy (non-hydrogen) atoms. The van der Waals surface area contributed by atoms with Crippen molar-refractivity contribution in [3.05, 3.63) is 36.4 Å². The van der Waals surface area contributed by atoms with E-state index in [4.69, 9.17) is 0 Å². The van der Waals surface area contributed by atoms with Crippen molar-refractivity contribution in [3.63, 3.8) is 0 Å². The van der Waals surface area contributed by atoms with Gasteiger partial charge >= 0.3 is 0 Å². The van der Waals surface area contributed by atoms with Gasteiger partial charge in [-0.25, -0.2) is 0 Å². The van der Waals surface area contributed by atoms with Crippen LogP contribution in [0.2, 0.25) is 0 Å². The molecule has 0 bridgehead atoms. The van der Waals surface area contributed by atoms with E-state index in [2.05, 4.69) is 5.73 Å². The zero-order chi connectivity index (χ0) is 9.07. The maximum atomic E-state index is 4.50. The van der Waals surface area contributed by atoms with E-state index in [-0.39, 0.29) is 0 Å². The van der Waals surface area contributed by atoms with Crippen molar-refractivity contribution in [1.82, 2.24) is 0 Å². The lowest BCUT2D eigenvalue weighted by molar-refractivity contribution is 0.504. The van der Waals surface area contributed by atoms with Crippen molar-refractivity contribution in [2.75, 3.05) is 7.05 Å². The van der Waals surface area contributed by atoms with Crippen LogP contribution < -0.4 is 5.73 Å². The Morgan fingerprint density at radius 1 is 0.583 bits per heavy atom. The van der Waals surface area contributed by atoms with E-state index in [1.165, 1.54) is 32.7 Å². The molecule has 2 N–H and O–H groups in total. The fourth-order valence-corrected chi connectivity index (χ4v) is 0.635. The molecule has 1 fully saturated rings. The highest BCUT2D eigenvalue weighted by Crippen LogP contribution is 2.15. The van der Waals surface area contributed by atoms with E-state index >= 15 is 0 Å². The normalized spacial score (nSPS) is 12.5. The Bertz CT molecular complexity index is 114. The van der Waals surface area contributed by atoms with Crippen molar-refractivity contribution < 1.29 is 0 Å².